The average Bonchev–Trinajstić information content (AvgIpc) is 2.91. The molecule has 210 valence electrons. The molecule has 0 saturated carbocycles. The van der Waals surface area contributed by atoms with E-state index in [2.05, 4.69) is 10.2 Å². The first-order chi connectivity index (χ1) is 18.7. The molecule has 1 fully saturated rings. The van der Waals surface area contributed by atoms with Crippen molar-refractivity contribution in [2.24, 2.45) is 0 Å². The van der Waals surface area contributed by atoms with E-state index in [1.165, 1.54) is 18.7 Å². The second-order valence-corrected chi connectivity index (χ2v) is 9.34. The summed E-state index contributed by atoms with van der Waals surface area (Å²) in [7, 11) is 0. The molecule has 1 aliphatic heterocycles. The number of hydrogen-bond acceptors (Lipinski definition) is 8. The molecular formula is C27H33N3O8S. The van der Waals surface area contributed by atoms with Crippen LogP contribution in [-0.2, 0) is 19.1 Å². The molecule has 12 heteroatoms. The number of aliphatic hydroxyl groups is 1. The first-order valence-corrected chi connectivity index (χ1v) is 13.0. The number of aliphatic carboxylic acids is 2. The number of nitrogens with one attached hydrogen (secondary N) is 1. The van der Waals surface area contributed by atoms with Crippen LogP contribution in [0.2, 0.25) is 0 Å². The Balaban J connectivity index is 0.000000580. The summed E-state index contributed by atoms with van der Waals surface area (Å²) in [4.78, 5) is 49.8. The quantitative estimate of drug-likeness (QED) is 0.238. The van der Waals surface area contributed by atoms with Crippen LogP contribution in [0.15, 0.2) is 70.5 Å². The molecule has 4 N–H and O–H groups in total. The number of aliphatic hydroxyl groups excluding tert-OH is 1. The van der Waals surface area contributed by atoms with Crippen molar-refractivity contribution in [2.45, 2.75) is 16.7 Å². The summed E-state index contributed by atoms with van der Waals surface area (Å²) in [6.07, 6.45) is 1.12. The van der Waals surface area contributed by atoms with Crippen LogP contribution < -0.4 is 5.32 Å². The third-order valence-electron chi connectivity index (χ3n) is 5.35. The first kappa shape index (κ1) is 31.5. The molecule has 0 bridgehead atoms. The number of carbonyl (C=O) groups excluding carboxylic acids is 2. The van der Waals surface area contributed by atoms with Crippen molar-refractivity contribution in [1.29, 1.82) is 0 Å². The Morgan fingerprint density at radius 2 is 1.49 bits per heavy atom. The van der Waals surface area contributed by atoms with Gasteiger partial charge in [-0.2, -0.15) is 0 Å². The molecule has 11 nitrogen and oxygen atoms in total. The van der Waals surface area contributed by atoms with Crippen LogP contribution in [-0.4, -0.2) is 101 Å². The second-order valence-electron chi connectivity index (χ2n) is 8.26. The van der Waals surface area contributed by atoms with Gasteiger partial charge in [0.1, 0.15) is 0 Å². The van der Waals surface area contributed by atoms with Gasteiger partial charge in [0.25, 0.3) is 5.91 Å². The number of nitrogens with zero attached hydrogens (tertiary/aromatic N) is 2. The minimum absolute atomic E-state index is 0.0243. The molecular weight excluding hydrogens is 526 g/mol. The smallest absolute Gasteiger partial charge is 0.328 e. The third-order valence-corrected chi connectivity index (χ3v) is 6.50. The fourth-order valence-electron chi connectivity index (χ4n) is 3.55. The zero-order valence-corrected chi connectivity index (χ0v) is 22.4. The van der Waals surface area contributed by atoms with Crippen molar-refractivity contribution in [3.63, 3.8) is 0 Å². The summed E-state index contributed by atoms with van der Waals surface area (Å²) >= 11 is 1.48. The number of rotatable bonds is 11. The molecule has 39 heavy (non-hydrogen) atoms. The monoisotopic (exact) mass is 559 g/mol. The molecule has 2 amide bonds. The second kappa shape index (κ2) is 17.0. The lowest BCUT2D eigenvalue weighted by atomic mass is 10.2. The highest BCUT2D eigenvalue weighted by atomic mass is 32.2. The van der Waals surface area contributed by atoms with Gasteiger partial charge >= 0.3 is 11.9 Å². The lowest BCUT2D eigenvalue weighted by Crippen LogP contribution is -2.49. The summed E-state index contributed by atoms with van der Waals surface area (Å²) in [5, 5.41) is 27.2. The number of carbonyl (C=O) groups is 4. The number of anilines is 1. The first-order valence-electron chi connectivity index (χ1n) is 12.2. The minimum atomic E-state index is -1.26. The van der Waals surface area contributed by atoms with Gasteiger partial charge in [-0.05, 0) is 24.3 Å². The number of carboxylic acid groups (broad SMARTS) is 2. The highest BCUT2D eigenvalue weighted by Crippen LogP contribution is 2.35. The van der Waals surface area contributed by atoms with Crippen LogP contribution in [0.3, 0.4) is 0 Å². The number of carboxylic acids is 2. The maximum absolute atomic E-state index is 13.3. The Morgan fingerprint density at radius 1 is 0.897 bits per heavy atom. The normalized spacial score (nSPS) is 13.4. The van der Waals surface area contributed by atoms with Gasteiger partial charge in [0.2, 0.25) is 5.91 Å². The van der Waals surface area contributed by atoms with E-state index in [0.29, 0.717) is 44.0 Å². The van der Waals surface area contributed by atoms with E-state index in [0.717, 1.165) is 35.1 Å². The summed E-state index contributed by atoms with van der Waals surface area (Å²) < 4.78 is 5.33. The number of para-hydroxylation sites is 1. The molecule has 0 spiro atoms. The zero-order chi connectivity index (χ0) is 28.6. The predicted octanol–water partition coefficient (Wildman–Crippen LogP) is 2.27. The van der Waals surface area contributed by atoms with Crippen LogP contribution in [0.4, 0.5) is 5.69 Å². The minimum Gasteiger partial charge on any atom is -0.478 e. The van der Waals surface area contributed by atoms with E-state index in [1.807, 2.05) is 53.4 Å². The summed E-state index contributed by atoms with van der Waals surface area (Å²) in [6, 6.07) is 15.2. The van der Waals surface area contributed by atoms with Gasteiger partial charge in [-0.3, -0.25) is 14.5 Å². The maximum Gasteiger partial charge on any atom is 0.328 e. The molecule has 1 heterocycles. The van der Waals surface area contributed by atoms with E-state index in [4.69, 9.17) is 20.1 Å². The zero-order valence-electron chi connectivity index (χ0n) is 21.6. The average molecular weight is 560 g/mol. The van der Waals surface area contributed by atoms with Crippen LogP contribution in [0.5, 0.6) is 0 Å². The van der Waals surface area contributed by atoms with Gasteiger partial charge in [-0.25, -0.2) is 9.59 Å². The summed E-state index contributed by atoms with van der Waals surface area (Å²) in [6.45, 7) is 6.20. The molecule has 0 atom stereocenters. The lowest BCUT2D eigenvalue weighted by molar-refractivity contribution is -0.134. The van der Waals surface area contributed by atoms with Gasteiger partial charge in [-0.1, -0.05) is 36.0 Å². The van der Waals surface area contributed by atoms with E-state index >= 15 is 0 Å². The van der Waals surface area contributed by atoms with E-state index in [1.54, 1.807) is 0 Å². The maximum atomic E-state index is 13.3. The topological polar surface area (TPSA) is 157 Å². The molecule has 2 aromatic rings. The molecule has 1 aliphatic rings. The summed E-state index contributed by atoms with van der Waals surface area (Å²) in [5.74, 6) is -2.62. The molecule has 3 rings (SSSR count). The van der Waals surface area contributed by atoms with Crippen molar-refractivity contribution in [3.05, 3.63) is 66.2 Å². The van der Waals surface area contributed by atoms with E-state index < -0.39 is 11.9 Å². The largest absolute Gasteiger partial charge is 0.478 e. The van der Waals surface area contributed by atoms with Crippen molar-refractivity contribution >= 4 is 41.2 Å². The van der Waals surface area contributed by atoms with Crippen LogP contribution in [0.25, 0.3) is 0 Å². The van der Waals surface area contributed by atoms with Crippen LogP contribution in [0.1, 0.15) is 17.3 Å². The molecule has 1 saturated heterocycles. The number of amides is 2. The van der Waals surface area contributed by atoms with E-state index in [9.17, 15) is 19.2 Å². The standard InChI is InChI=1S/C23H29N3O4S.C4H4O4/c1-18(28)24-20-7-3-5-9-22(20)31-21-8-4-2-6-19(21)23(29)26-12-10-25(11-13-26)14-16-30-17-15-27;5-3(6)1-2-4(7)8/h2-9,27H,10-17H2,1H3,(H,24,28);1-2H,(H,5,6)(H,7,8)/b;2-1+. The molecule has 0 aliphatic carbocycles. The molecule has 0 radical (unpaired) electrons. The van der Waals surface area contributed by atoms with E-state index in [-0.39, 0.29) is 18.4 Å². The van der Waals surface area contributed by atoms with Gasteiger partial charge in [0.05, 0.1) is 31.1 Å². The highest BCUT2D eigenvalue weighted by Gasteiger charge is 2.24. The molecule has 0 unspecified atom stereocenters. The lowest BCUT2D eigenvalue weighted by Gasteiger charge is -2.35. The van der Waals surface area contributed by atoms with Crippen molar-refractivity contribution in [3.8, 4) is 0 Å². The van der Waals surface area contributed by atoms with Crippen molar-refractivity contribution < 1.29 is 39.2 Å². The molecule has 0 aromatic heterocycles. The Morgan fingerprint density at radius 3 is 2.08 bits per heavy atom. The van der Waals surface area contributed by atoms with Gasteiger partial charge in [0.15, 0.2) is 0 Å². The van der Waals surface area contributed by atoms with Gasteiger partial charge in [-0.15, -0.1) is 0 Å². The van der Waals surface area contributed by atoms with Gasteiger partial charge < -0.3 is 30.3 Å². The SMILES string of the molecule is CC(=O)Nc1ccccc1Sc1ccccc1C(=O)N1CCN(CCOCCO)CC1.O=C(O)/C=C/C(=O)O. The Bertz CT molecular complexity index is 1130. The Hall–Kier alpha value is -3.71. The van der Waals surface area contributed by atoms with Crippen molar-refractivity contribution in [2.75, 3.05) is 57.9 Å². The fraction of sp³-hybridized carbons (Fsp3) is 0.333. The van der Waals surface area contributed by atoms with Crippen LogP contribution in [0, 0.1) is 0 Å². The highest BCUT2D eigenvalue weighted by molar-refractivity contribution is 7.99. The Kier molecular flexibility index (Phi) is 13.7. The van der Waals surface area contributed by atoms with Gasteiger partial charge in [0, 0.05) is 61.6 Å². The van der Waals surface area contributed by atoms with Crippen molar-refractivity contribution in [1.82, 2.24) is 9.80 Å². The summed E-state index contributed by atoms with van der Waals surface area (Å²) in [5.41, 5.74) is 1.41. The Labute approximate surface area is 231 Å². The number of hydrogen-bond donors (Lipinski definition) is 4. The third kappa shape index (κ3) is 11.7. The number of ether oxygens (including phenoxy) is 1. The number of piperazine rings is 1. The molecule has 2 aromatic carbocycles. The van der Waals surface area contributed by atoms with Crippen LogP contribution >= 0.6 is 11.8 Å². The predicted molar refractivity (Wildman–Crippen MR) is 146 cm³/mol. The number of benzene rings is 2. The fourth-order valence-corrected chi connectivity index (χ4v) is 4.57.